The molecule has 0 aliphatic carbocycles. The van der Waals surface area contributed by atoms with Gasteiger partial charge < -0.3 is 10.2 Å². The first-order valence-corrected chi connectivity index (χ1v) is 7.63. The Morgan fingerprint density at radius 3 is 2.52 bits per heavy atom. The van der Waals surface area contributed by atoms with Crippen molar-refractivity contribution in [1.82, 2.24) is 14.0 Å². The summed E-state index contributed by atoms with van der Waals surface area (Å²) < 4.78 is 15.6. The number of hydrogen-bond donors (Lipinski definition) is 1. The van der Waals surface area contributed by atoms with Crippen LogP contribution < -0.4 is 16.6 Å². The minimum absolute atomic E-state index is 0.138. The molecule has 0 bridgehead atoms. The van der Waals surface area contributed by atoms with E-state index in [4.69, 9.17) is 0 Å². The summed E-state index contributed by atoms with van der Waals surface area (Å²) in [6.07, 6.45) is 0. The van der Waals surface area contributed by atoms with Crippen LogP contribution in [0.2, 0.25) is 0 Å². The van der Waals surface area contributed by atoms with Crippen molar-refractivity contribution in [3.63, 3.8) is 0 Å². The zero-order valence-electron chi connectivity index (χ0n) is 14.6. The SMILES string of the molecule is CN(C)[C@@H](CNc1c(C#N)c(=O)n(C)c(=O)n1C)c1cccc(F)c1. The summed E-state index contributed by atoms with van der Waals surface area (Å²) in [5.74, 6) is -0.193. The number of likely N-dealkylation sites (N-methyl/N-ethyl adjacent to an activating group) is 1. The predicted molar refractivity (Wildman–Crippen MR) is 93.0 cm³/mol. The van der Waals surface area contributed by atoms with Gasteiger partial charge in [0.05, 0.1) is 6.04 Å². The van der Waals surface area contributed by atoms with Gasteiger partial charge in [-0.2, -0.15) is 5.26 Å². The predicted octanol–water partition coefficient (Wildman–Crippen LogP) is 0.810. The van der Waals surface area contributed by atoms with Gasteiger partial charge in [-0.1, -0.05) is 12.1 Å². The molecule has 0 aliphatic heterocycles. The fourth-order valence-electron chi connectivity index (χ4n) is 2.66. The summed E-state index contributed by atoms with van der Waals surface area (Å²) in [7, 11) is 6.49. The maximum absolute atomic E-state index is 13.5. The van der Waals surface area contributed by atoms with E-state index < -0.39 is 11.2 Å². The van der Waals surface area contributed by atoms with Crippen LogP contribution in [0.15, 0.2) is 33.9 Å². The van der Waals surface area contributed by atoms with E-state index in [9.17, 15) is 19.2 Å². The lowest BCUT2D eigenvalue weighted by Gasteiger charge is -2.26. The summed E-state index contributed by atoms with van der Waals surface area (Å²) in [6.45, 7) is 0.283. The lowest BCUT2D eigenvalue weighted by atomic mass is 10.1. The average molecular weight is 345 g/mol. The third-order valence-electron chi connectivity index (χ3n) is 4.10. The molecular formula is C17H20FN5O2. The molecule has 1 aromatic heterocycles. The van der Waals surface area contributed by atoms with Gasteiger partial charge >= 0.3 is 5.69 Å². The number of aromatic nitrogens is 2. The van der Waals surface area contributed by atoms with E-state index in [-0.39, 0.29) is 29.8 Å². The molecule has 1 aromatic carbocycles. The van der Waals surface area contributed by atoms with E-state index in [1.807, 2.05) is 25.1 Å². The highest BCUT2D eigenvalue weighted by Gasteiger charge is 2.19. The molecule has 132 valence electrons. The molecule has 0 radical (unpaired) electrons. The molecule has 7 nitrogen and oxygen atoms in total. The number of nitrogens with zero attached hydrogens (tertiary/aromatic N) is 4. The molecule has 0 aliphatic rings. The number of benzene rings is 1. The summed E-state index contributed by atoms with van der Waals surface area (Å²) in [5, 5.41) is 12.3. The Balaban J connectivity index is 2.41. The number of halogens is 1. The zero-order valence-corrected chi connectivity index (χ0v) is 14.6. The molecule has 1 heterocycles. The van der Waals surface area contributed by atoms with Gasteiger partial charge in [-0.25, -0.2) is 9.18 Å². The first-order valence-electron chi connectivity index (χ1n) is 7.63. The van der Waals surface area contributed by atoms with Crippen molar-refractivity contribution in [1.29, 1.82) is 5.26 Å². The molecule has 2 rings (SSSR count). The number of rotatable bonds is 5. The summed E-state index contributed by atoms with van der Waals surface area (Å²) in [4.78, 5) is 26.1. The highest BCUT2D eigenvalue weighted by Crippen LogP contribution is 2.20. The van der Waals surface area contributed by atoms with E-state index in [0.29, 0.717) is 0 Å². The smallest absolute Gasteiger partial charge is 0.332 e. The topological polar surface area (TPSA) is 83.1 Å². The quantitative estimate of drug-likeness (QED) is 0.867. The third kappa shape index (κ3) is 3.61. The molecule has 0 unspecified atom stereocenters. The van der Waals surface area contributed by atoms with Crippen molar-refractivity contribution < 1.29 is 4.39 Å². The van der Waals surface area contributed by atoms with Crippen LogP contribution >= 0.6 is 0 Å². The highest BCUT2D eigenvalue weighted by atomic mass is 19.1. The van der Waals surface area contributed by atoms with Crippen LogP contribution in [-0.4, -0.2) is 34.7 Å². The van der Waals surface area contributed by atoms with Gasteiger partial charge in [-0.05, 0) is 31.8 Å². The van der Waals surface area contributed by atoms with Gasteiger partial charge in [-0.3, -0.25) is 13.9 Å². The van der Waals surface area contributed by atoms with Gasteiger partial charge in [-0.15, -0.1) is 0 Å². The summed E-state index contributed by atoms with van der Waals surface area (Å²) in [5.41, 5.74) is -0.579. The molecule has 25 heavy (non-hydrogen) atoms. The summed E-state index contributed by atoms with van der Waals surface area (Å²) >= 11 is 0. The van der Waals surface area contributed by atoms with Crippen LogP contribution in [0.25, 0.3) is 0 Å². The number of hydrogen-bond acceptors (Lipinski definition) is 5. The van der Waals surface area contributed by atoms with Gasteiger partial charge in [0.25, 0.3) is 5.56 Å². The molecule has 0 spiro atoms. The van der Waals surface area contributed by atoms with Crippen LogP contribution in [0, 0.1) is 17.1 Å². The van der Waals surface area contributed by atoms with Gasteiger partial charge in [0.2, 0.25) is 0 Å². The van der Waals surface area contributed by atoms with Gasteiger partial charge in [0.1, 0.15) is 17.7 Å². The molecule has 0 amide bonds. The van der Waals surface area contributed by atoms with Crippen molar-refractivity contribution in [2.45, 2.75) is 6.04 Å². The second kappa shape index (κ2) is 7.32. The first-order chi connectivity index (χ1) is 11.8. The van der Waals surface area contributed by atoms with Crippen LogP contribution in [0.3, 0.4) is 0 Å². The second-order valence-corrected chi connectivity index (χ2v) is 5.96. The van der Waals surface area contributed by atoms with Crippen molar-refractivity contribution >= 4 is 5.82 Å². The first kappa shape index (κ1) is 18.4. The van der Waals surface area contributed by atoms with Crippen LogP contribution in [0.5, 0.6) is 0 Å². The Bertz CT molecular complexity index is 940. The number of anilines is 1. The van der Waals surface area contributed by atoms with Crippen LogP contribution in [0.1, 0.15) is 17.2 Å². The normalized spacial score (nSPS) is 12.0. The van der Waals surface area contributed by atoms with E-state index in [0.717, 1.165) is 10.1 Å². The minimum atomic E-state index is -0.653. The van der Waals surface area contributed by atoms with E-state index >= 15 is 0 Å². The Hall–Kier alpha value is -2.92. The summed E-state index contributed by atoms with van der Waals surface area (Å²) in [6, 6.07) is 7.84. The molecule has 1 N–H and O–H groups in total. The average Bonchev–Trinajstić information content (AvgIpc) is 2.57. The minimum Gasteiger partial charge on any atom is -0.368 e. The Kier molecular flexibility index (Phi) is 5.39. The lowest BCUT2D eigenvalue weighted by Crippen LogP contribution is -2.40. The zero-order chi connectivity index (χ0) is 18.7. The van der Waals surface area contributed by atoms with Crippen molar-refractivity contribution in [3.05, 3.63) is 62.0 Å². The molecule has 0 fully saturated rings. The van der Waals surface area contributed by atoms with Crippen molar-refractivity contribution in [3.8, 4) is 6.07 Å². The molecular weight excluding hydrogens is 325 g/mol. The molecule has 0 saturated carbocycles. The molecule has 0 saturated heterocycles. The monoisotopic (exact) mass is 345 g/mol. The van der Waals surface area contributed by atoms with E-state index in [1.165, 1.54) is 30.8 Å². The number of nitriles is 1. The Labute approximate surface area is 144 Å². The maximum Gasteiger partial charge on any atom is 0.332 e. The standard InChI is InChI=1S/C17H20FN5O2/c1-21(2)14(11-6-5-7-12(18)8-11)10-20-15-13(9-19)16(24)23(4)17(25)22(15)3/h5-8,14,20H,10H2,1-4H3/t14-/m0/s1. The third-order valence-corrected chi connectivity index (χ3v) is 4.10. The van der Waals surface area contributed by atoms with Gasteiger partial charge in [0.15, 0.2) is 5.56 Å². The molecule has 8 heteroatoms. The maximum atomic E-state index is 13.5. The molecule has 2 aromatic rings. The van der Waals surface area contributed by atoms with Crippen LogP contribution in [0.4, 0.5) is 10.2 Å². The largest absolute Gasteiger partial charge is 0.368 e. The van der Waals surface area contributed by atoms with Crippen molar-refractivity contribution in [2.24, 2.45) is 14.1 Å². The van der Waals surface area contributed by atoms with E-state index in [2.05, 4.69) is 5.32 Å². The fourth-order valence-corrected chi connectivity index (χ4v) is 2.66. The van der Waals surface area contributed by atoms with Gasteiger partial charge in [0, 0.05) is 20.6 Å². The highest BCUT2D eigenvalue weighted by molar-refractivity contribution is 5.51. The van der Waals surface area contributed by atoms with E-state index in [1.54, 1.807) is 12.1 Å². The Morgan fingerprint density at radius 1 is 1.28 bits per heavy atom. The lowest BCUT2D eigenvalue weighted by molar-refractivity contribution is 0.310. The number of nitrogens with one attached hydrogen (secondary N) is 1. The Morgan fingerprint density at radius 2 is 1.96 bits per heavy atom. The fraction of sp³-hybridized carbons (Fsp3) is 0.353. The second-order valence-electron chi connectivity index (χ2n) is 5.96. The van der Waals surface area contributed by atoms with Crippen molar-refractivity contribution in [2.75, 3.05) is 26.0 Å². The van der Waals surface area contributed by atoms with Crippen LogP contribution in [-0.2, 0) is 14.1 Å². The molecule has 1 atom stereocenters.